The SMILES string of the molecule is O=C(Nc1csc2ccccc12)N1CCn2ncc(-c3ccc(F)cc3)c2C1. The van der Waals surface area contributed by atoms with E-state index in [4.69, 9.17) is 0 Å². The molecule has 1 N–H and O–H groups in total. The van der Waals surface area contributed by atoms with Crippen molar-refractivity contribution in [3.63, 3.8) is 0 Å². The van der Waals surface area contributed by atoms with Crippen LogP contribution < -0.4 is 5.32 Å². The molecule has 0 fully saturated rings. The first-order valence-electron chi connectivity index (χ1n) is 9.02. The van der Waals surface area contributed by atoms with Crippen LogP contribution in [-0.2, 0) is 13.1 Å². The number of nitrogens with one attached hydrogen (secondary N) is 1. The third-order valence-corrected chi connectivity index (χ3v) is 6.00. The summed E-state index contributed by atoms with van der Waals surface area (Å²) in [6.07, 6.45) is 1.79. The highest BCUT2D eigenvalue weighted by atomic mass is 32.1. The molecule has 0 unspecified atom stereocenters. The molecule has 0 bridgehead atoms. The van der Waals surface area contributed by atoms with Gasteiger partial charge in [0, 0.05) is 27.6 Å². The normalized spacial score (nSPS) is 13.5. The van der Waals surface area contributed by atoms with Gasteiger partial charge < -0.3 is 10.2 Å². The van der Waals surface area contributed by atoms with Crippen molar-refractivity contribution in [3.05, 3.63) is 71.6 Å². The molecule has 2 aromatic heterocycles. The molecule has 0 atom stereocenters. The Kier molecular flexibility index (Phi) is 4.09. The number of amides is 2. The minimum atomic E-state index is -0.270. The largest absolute Gasteiger partial charge is 0.322 e. The van der Waals surface area contributed by atoms with Crippen LogP contribution in [0.3, 0.4) is 0 Å². The van der Waals surface area contributed by atoms with Crippen LogP contribution in [-0.4, -0.2) is 27.3 Å². The fraction of sp³-hybridized carbons (Fsp3) is 0.143. The third-order valence-electron chi connectivity index (χ3n) is 5.04. The molecule has 5 rings (SSSR count). The van der Waals surface area contributed by atoms with Gasteiger partial charge in [0.1, 0.15) is 5.82 Å². The van der Waals surface area contributed by atoms with Gasteiger partial charge in [-0.2, -0.15) is 5.10 Å². The van der Waals surface area contributed by atoms with Gasteiger partial charge in [-0.15, -0.1) is 11.3 Å². The number of anilines is 1. The Morgan fingerprint density at radius 3 is 2.79 bits per heavy atom. The zero-order valence-corrected chi connectivity index (χ0v) is 15.7. The highest BCUT2D eigenvalue weighted by Gasteiger charge is 2.25. The fourth-order valence-electron chi connectivity index (χ4n) is 3.56. The molecule has 2 aromatic carbocycles. The molecule has 28 heavy (non-hydrogen) atoms. The number of carbonyl (C=O) groups excluding carboxylic acids is 1. The summed E-state index contributed by atoms with van der Waals surface area (Å²) in [5, 5.41) is 10.5. The molecule has 7 heteroatoms. The molecule has 2 amide bonds. The van der Waals surface area contributed by atoms with Gasteiger partial charge in [0.15, 0.2) is 0 Å². The van der Waals surface area contributed by atoms with E-state index >= 15 is 0 Å². The number of urea groups is 1. The van der Waals surface area contributed by atoms with Crippen LogP contribution in [0.4, 0.5) is 14.9 Å². The minimum Gasteiger partial charge on any atom is -0.317 e. The highest BCUT2D eigenvalue weighted by Crippen LogP contribution is 2.31. The van der Waals surface area contributed by atoms with Crippen LogP contribution in [0.1, 0.15) is 5.69 Å². The molecule has 0 saturated heterocycles. The number of thiophene rings is 1. The van der Waals surface area contributed by atoms with E-state index < -0.39 is 0 Å². The second-order valence-corrected chi connectivity index (χ2v) is 7.64. The lowest BCUT2D eigenvalue weighted by Crippen LogP contribution is -2.41. The first-order valence-corrected chi connectivity index (χ1v) is 9.90. The lowest BCUT2D eigenvalue weighted by molar-refractivity contribution is 0.194. The standard InChI is InChI=1S/C21H17FN4OS/c22-15-7-5-14(6-8-15)17-11-23-26-10-9-25(12-19(17)26)21(27)24-18-13-28-20-4-2-1-3-16(18)20/h1-8,11,13H,9-10,12H2,(H,24,27). The van der Waals surface area contributed by atoms with Gasteiger partial charge in [-0.25, -0.2) is 9.18 Å². The number of hydrogen-bond donors (Lipinski definition) is 1. The molecular weight excluding hydrogens is 375 g/mol. The number of benzene rings is 2. The van der Waals surface area contributed by atoms with Gasteiger partial charge in [0.25, 0.3) is 0 Å². The maximum Gasteiger partial charge on any atom is 0.322 e. The predicted molar refractivity (Wildman–Crippen MR) is 109 cm³/mol. The van der Waals surface area contributed by atoms with Crippen LogP contribution in [0, 0.1) is 5.82 Å². The van der Waals surface area contributed by atoms with Gasteiger partial charge in [-0.3, -0.25) is 4.68 Å². The zero-order chi connectivity index (χ0) is 19.1. The Bertz CT molecular complexity index is 1160. The number of hydrogen-bond acceptors (Lipinski definition) is 3. The third kappa shape index (κ3) is 2.93. The van der Waals surface area contributed by atoms with Crippen molar-refractivity contribution in [1.29, 1.82) is 0 Å². The number of fused-ring (bicyclic) bond motifs is 2. The molecule has 4 aromatic rings. The van der Waals surface area contributed by atoms with Crippen molar-refractivity contribution >= 4 is 33.1 Å². The number of aromatic nitrogens is 2. The number of halogens is 1. The topological polar surface area (TPSA) is 50.2 Å². The van der Waals surface area contributed by atoms with Crippen LogP contribution in [0.2, 0.25) is 0 Å². The predicted octanol–water partition coefficient (Wildman–Crippen LogP) is 4.95. The zero-order valence-electron chi connectivity index (χ0n) is 14.9. The van der Waals surface area contributed by atoms with E-state index in [2.05, 4.69) is 10.4 Å². The minimum absolute atomic E-state index is 0.124. The van der Waals surface area contributed by atoms with Crippen molar-refractivity contribution in [2.24, 2.45) is 0 Å². The van der Waals surface area contributed by atoms with E-state index in [9.17, 15) is 9.18 Å². The number of nitrogens with zero attached hydrogens (tertiary/aromatic N) is 3. The van der Waals surface area contributed by atoms with Gasteiger partial charge >= 0.3 is 6.03 Å². The summed E-state index contributed by atoms with van der Waals surface area (Å²) < 4.78 is 16.3. The average molecular weight is 392 g/mol. The quantitative estimate of drug-likeness (QED) is 0.525. The lowest BCUT2D eigenvalue weighted by Gasteiger charge is -2.28. The maximum absolute atomic E-state index is 13.2. The van der Waals surface area contributed by atoms with Crippen LogP contribution in [0.5, 0.6) is 0 Å². The summed E-state index contributed by atoms with van der Waals surface area (Å²) in [7, 11) is 0. The van der Waals surface area contributed by atoms with Gasteiger partial charge in [0.2, 0.25) is 0 Å². The maximum atomic E-state index is 13.2. The second kappa shape index (κ2) is 6.76. The number of carbonyl (C=O) groups is 1. The summed E-state index contributed by atoms with van der Waals surface area (Å²) >= 11 is 1.62. The van der Waals surface area contributed by atoms with E-state index in [1.54, 1.807) is 34.6 Å². The van der Waals surface area contributed by atoms with Crippen LogP contribution in [0.15, 0.2) is 60.1 Å². The Balaban J connectivity index is 1.38. The van der Waals surface area contributed by atoms with Crippen LogP contribution in [0.25, 0.3) is 21.2 Å². The van der Waals surface area contributed by atoms with Crippen molar-refractivity contribution in [3.8, 4) is 11.1 Å². The highest BCUT2D eigenvalue weighted by molar-refractivity contribution is 7.17. The first kappa shape index (κ1) is 16.9. The summed E-state index contributed by atoms with van der Waals surface area (Å²) in [5.74, 6) is -0.270. The Morgan fingerprint density at radius 1 is 1.11 bits per heavy atom. The van der Waals surface area contributed by atoms with Crippen molar-refractivity contribution in [2.45, 2.75) is 13.1 Å². The van der Waals surface area contributed by atoms with Gasteiger partial charge in [-0.1, -0.05) is 30.3 Å². The summed E-state index contributed by atoms with van der Waals surface area (Å²) in [4.78, 5) is 14.7. The smallest absolute Gasteiger partial charge is 0.317 e. The molecular formula is C21H17FN4OS. The van der Waals surface area contributed by atoms with E-state index in [1.165, 1.54) is 12.1 Å². The molecule has 3 heterocycles. The first-order chi connectivity index (χ1) is 13.7. The second-order valence-electron chi connectivity index (χ2n) is 6.73. The van der Waals surface area contributed by atoms with Crippen molar-refractivity contribution < 1.29 is 9.18 Å². The molecule has 0 spiro atoms. The molecule has 1 aliphatic heterocycles. The van der Waals surface area contributed by atoms with E-state index in [-0.39, 0.29) is 11.8 Å². The number of rotatable bonds is 2. The molecule has 140 valence electrons. The van der Waals surface area contributed by atoms with E-state index in [0.717, 1.165) is 32.6 Å². The van der Waals surface area contributed by atoms with Gasteiger partial charge in [0.05, 0.1) is 30.7 Å². The van der Waals surface area contributed by atoms with Gasteiger partial charge in [-0.05, 0) is 23.8 Å². The summed E-state index contributed by atoms with van der Waals surface area (Å²) in [5.41, 5.74) is 3.62. The Hall–Kier alpha value is -3.19. The van der Waals surface area contributed by atoms with Crippen molar-refractivity contribution in [1.82, 2.24) is 14.7 Å². The molecule has 5 nitrogen and oxygen atoms in total. The lowest BCUT2D eigenvalue weighted by atomic mass is 10.1. The van der Waals surface area contributed by atoms with Crippen molar-refractivity contribution in [2.75, 3.05) is 11.9 Å². The molecule has 0 radical (unpaired) electrons. The monoisotopic (exact) mass is 392 g/mol. The average Bonchev–Trinajstić information content (AvgIpc) is 3.33. The molecule has 1 aliphatic rings. The Morgan fingerprint density at radius 2 is 1.93 bits per heavy atom. The van der Waals surface area contributed by atoms with Crippen LogP contribution >= 0.6 is 11.3 Å². The molecule has 0 saturated carbocycles. The summed E-state index contributed by atoms with van der Waals surface area (Å²) in [6.45, 7) is 1.68. The fourth-order valence-corrected chi connectivity index (χ4v) is 4.45. The molecule has 0 aliphatic carbocycles. The Labute approximate surface area is 165 Å². The van der Waals surface area contributed by atoms with E-state index in [1.807, 2.05) is 34.3 Å². The van der Waals surface area contributed by atoms with E-state index in [0.29, 0.717) is 19.6 Å². The summed E-state index contributed by atoms with van der Waals surface area (Å²) in [6, 6.07) is 14.3.